The molecule has 1 aliphatic rings. The summed E-state index contributed by atoms with van der Waals surface area (Å²) < 4.78 is 26.8. The minimum atomic E-state index is -0.604. The first-order chi connectivity index (χ1) is 9.58. The molecule has 1 unspecified atom stereocenters. The van der Waals surface area contributed by atoms with Crippen molar-refractivity contribution in [2.24, 2.45) is 0 Å². The van der Waals surface area contributed by atoms with E-state index in [1.807, 2.05) is 0 Å². The minimum Gasteiger partial charge on any atom is -0.391 e. The SMILES string of the molecule is O=C(NCCc1c(F)cccc1F)N1CCCC(O)C1. The van der Waals surface area contributed by atoms with Gasteiger partial charge in [0, 0.05) is 25.2 Å². The van der Waals surface area contributed by atoms with Crippen molar-refractivity contribution in [3.63, 3.8) is 0 Å². The van der Waals surface area contributed by atoms with Gasteiger partial charge in [-0.25, -0.2) is 13.6 Å². The van der Waals surface area contributed by atoms with Crippen LogP contribution in [0.5, 0.6) is 0 Å². The van der Waals surface area contributed by atoms with Gasteiger partial charge in [-0.1, -0.05) is 6.07 Å². The van der Waals surface area contributed by atoms with Crippen LogP contribution in [-0.2, 0) is 6.42 Å². The highest BCUT2D eigenvalue weighted by Gasteiger charge is 2.21. The monoisotopic (exact) mass is 284 g/mol. The van der Waals surface area contributed by atoms with E-state index in [1.54, 1.807) is 0 Å². The third-order valence-corrected chi connectivity index (χ3v) is 3.40. The maximum atomic E-state index is 13.4. The van der Waals surface area contributed by atoms with Crippen LogP contribution in [0.2, 0.25) is 0 Å². The Morgan fingerprint density at radius 1 is 1.40 bits per heavy atom. The van der Waals surface area contributed by atoms with Crippen molar-refractivity contribution < 1.29 is 18.7 Å². The first kappa shape index (κ1) is 14.7. The molecular weight excluding hydrogens is 266 g/mol. The van der Waals surface area contributed by atoms with Gasteiger partial charge >= 0.3 is 6.03 Å². The molecule has 20 heavy (non-hydrogen) atoms. The van der Waals surface area contributed by atoms with E-state index in [2.05, 4.69) is 5.32 Å². The molecule has 1 saturated heterocycles. The fraction of sp³-hybridized carbons (Fsp3) is 0.500. The molecule has 1 heterocycles. The fourth-order valence-electron chi connectivity index (χ4n) is 2.32. The van der Waals surface area contributed by atoms with E-state index in [4.69, 9.17) is 0 Å². The molecule has 0 aromatic heterocycles. The maximum absolute atomic E-state index is 13.4. The number of hydrogen-bond donors (Lipinski definition) is 2. The molecule has 0 radical (unpaired) electrons. The highest BCUT2D eigenvalue weighted by Crippen LogP contribution is 2.12. The number of carbonyl (C=O) groups is 1. The van der Waals surface area contributed by atoms with E-state index < -0.39 is 17.7 Å². The normalized spacial score (nSPS) is 18.9. The van der Waals surface area contributed by atoms with Crippen molar-refractivity contribution in [3.8, 4) is 0 Å². The van der Waals surface area contributed by atoms with Crippen LogP contribution >= 0.6 is 0 Å². The Morgan fingerprint density at radius 3 is 2.75 bits per heavy atom. The summed E-state index contributed by atoms with van der Waals surface area (Å²) in [6.07, 6.45) is 1.07. The Bertz CT molecular complexity index is 462. The number of nitrogens with one attached hydrogen (secondary N) is 1. The lowest BCUT2D eigenvalue weighted by molar-refractivity contribution is 0.0843. The van der Waals surface area contributed by atoms with Gasteiger partial charge in [-0.15, -0.1) is 0 Å². The van der Waals surface area contributed by atoms with E-state index in [1.165, 1.54) is 23.1 Å². The topological polar surface area (TPSA) is 52.6 Å². The number of carbonyl (C=O) groups excluding carboxylic acids is 1. The third-order valence-electron chi connectivity index (χ3n) is 3.40. The van der Waals surface area contributed by atoms with Gasteiger partial charge in [0.15, 0.2) is 0 Å². The quantitative estimate of drug-likeness (QED) is 0.887. The summed E-state index contributed by atoms with van der Waals surface area (Å²) in [6, 6.07) is 3.39. The van der Waals surface area contributed by atoms with Crippen LogP contribution in [-0.4, -0.2) is 41.8 Å². The van der Waals surface area contributed by atoms with Gasteiger partial charge in [0.25, 0.3) is 0 Å². The molecule has 4 nitrogen and oxygen atoms in total. The highest BCUT2D eigenvalue weighted by atomic mass is 19.1. The molecule has 1 fully saturated rings. The number of likely N-dealkylation sites (tertiary alicyclic amines) is 1. The van der Waals surface area contributed by atoms with Gasteiger partial charge in [-0.3, -0.25) is 0 Å². The van der Waals surface area contributed by atoms with Crippen LogP contribution in [0.25, 0.3) is 0 Å². The van der Waals surface area contributed by atoms with Crippen LogP contribution in [0.4, 0.5) is 13.6 Å². The number of β-amino-alcohol motifs (C(OH)–C–C–N with tert-alkyl or cyclic N) is 1. The maximum Gasteiger partial charge on any atom is 0.317 e. The molecule has 110 valence electrons. The molecule has 2 N–H and O–H groups in total. The van der Waals surface area contributed by atoms with E-state index >= 15 is 0 Å². The molecule has 2 amide bonds. The number of hydrogen-bond acceptors (Lipinski definition) is 2. The summed E-state index contributed by atoms with van der Waals surface area (Å²) in [5, 5.41) is 12.1. The van der Waals surface area contributed by atoms with Crippen molar-refractivity contribution in [2.45, 2.75) is 25.4 Å². The van der Waals surface area contributed by atoms with Gasteiger partial charge in [-0.05, 0) is 31.4 Å². The van der Waals surface area contributed by atoms with Crippen molar-refractivity contribution >= 4 is 6.03 Å². The van der Waals surface area contributed by atoms with E-state index in [9.17, 15) is 18.7 Å². The molecule has 0 spiro atoms. The van der Waals surface area contributed by atoms with Crippen LogP contribution in [0.1, 0.15) is 18.4 Å². The summed E-state index contributed by atoms with van der Waals surface area (Å²) in [4.78, 5) is 13.3. The highest BCUT2D eigenvalue weighted by molar-refractivity contribution is 5.74. The lowest BCUT2D eigenvalue weighted by Gasteiger charge is -2.30. The van der Waals surface area contributed by atoms with Crippen LogP contribution in [0.15, 0.2) is 18.2 Å². The van der Waals surface area contributed by atoms with Crippen molar-refractivity contribution in [3.05, 3.63) is 35.4 Å². The average molecular weight is 284 g/mol. The summed E-state index contributed by atoms with van der Waals surface area (Å²) in [5.74, 6) is -1.21. The third kappa shape index (κ3) is 3.66. The molecule has 0 aliphatic carbocycles. The van der Waals surface area contributed by atoms with Crippen molar-refractivity contribution in [2.75, 3.05) is 19.6 Å². The second-order valence-electron chi connectivity index (χ2n) is 4.92. The number of amides is 2. The molecule has 6 heteroatoms. The lowest BCUT2D eigenvalue weighted by Crippen LogP contribution is -2.47. The Balaban J connectivity index is 1.82. The van der Waals surface area contributed by atoms with Gasteiger partial charge in [-0.2, -0.15) is 0 Å². The smallest absolute Gasteiger partial charge is 0.317 e. The molecule has 1 atom stereocenters. The first-order valence-electron chi connectivity index (χ1n) is 6.71. The summed E-state index contributed by atoms with van der Waals surface area (Å²) >= 11 is 0. The Labute approximate surface area is 116 Å². The van der Waals surface area contributed by atoms with Gasteiger partial charge in [0.05, 0.1) is 6.10 Å². The number of halogens is 2. The number of aliphatic hydroxyl groups excluding tert-OH is 1. The van der Waals surface area contributed by atoms with Crippen LogP contribution < -0.4 is 5.32 Å². The molecule has 0 bridgehead atoms. The standard InChI is InChI=1S/C14H18F2N2O2/c15-12-4-1-5-13(16)11(12)6-7-17-14(20)18-8-2-3-10(19)9-18/h1,4-5,10,19H,2-3,6-9H2,(H,17,20). The molecule has 1 aromatic rings. The molecule has 1 aromatic carbocycles. The first-order valence-corrected chi connectivity index (χ1v) is 6.71. The molecule has 1 aliphatic heterocycles. The predicted octanol–water partition coefficient (Wildman–Crippen LogP) is 1.67. The number of benzene rings is 1. The largest absolute Gasteiger partial charge is 0.391 e. The number of urea groups is 1. The van der Waals surface area contributed by atoms with Gasteiger partial charge in [0.2, 0.25) is 0 Å². The lowest BCUT2D eigenvalue weighted by atomic mass is 10.1. The van der Waals surface area contributed by atoms with Crippen LogP contribution in [0.3, 0.4) is 0 Å². The Kier molecular flexibility index (Phi) is 4.89. The number of rotatable bonds is 3. The molecular formula is C14H18F2N2O2. The zero-order valence-electron chi connectivity index (χ0n) is 11.1. The number of piperidine rings is 1. The van der Waals surface area contributed by atoms with E-state index in [-0.39, 0.29) is 24.6 Å². The van der Waals surface area contributed by atoms with Crippen molar-refractivity contribution in [1.82, 2.24) is 10.2 Å². The minimum absolute atomic E-state index is 0.0218. The predicted molar refractivity (Wildman–Crippen MR) is 70.3 cm³/mol. The Hall–Kier alpha value is -1.69. The average Bonchev–Trinajstić information content (AvgIpc) is 2.42. The van der Waals surface area contributed by atoms with Gasteiger partial charge < -0.3 is 15.3 Å². The zero-order chi connectivity index (χ0) is 14.5. The fourth-order valence-corrected chi connectivity index (χ4v) is 2.32. The van der Waals surface area contributed by atoms with Crippen molar-refractivity contribution in [1.29, 1.82) is 0 Å². The summed E-state index contributed by atoms with van der Waals surface area (Å²) in [7, 11) is 0. The van der Waals surface area contributed by atoms with E-state index in [0.717, 1.165) is 6.42 Å². The summed E-state index contributed by atoms with van der Waals surface area (Å²) in [5.41, 5.74) is -0.0218. The zero-order valence-corrected chi connectivity index (χ0v) is 11.1. The number of aliphatic hydroxyl groups is 1. The van der Waals surface area contributed by atoms with Crippen LogP contribution in [0, 0.1) is 11.6 Å². The second kappa shape index (κ2) is 6.65. The van der Waals surface area contributed by atoms with Gasteiger partial charge in [0.1, 0.15) is 11.6 Å². The molecule has 2 rings (SSSR count). The Morgan fingerprint density at radius 2 is 2.10 bits per heavy atom. The molecule has 0 saturated carbocycles. The van der Waals surface area contributed by atoms with E-state index in [0.29, 0.717) is 19.5 Å². The second-order valence-corrected chi connectivity index (χ2v) is 4.92. The number of nitrogens with zero attached hydrogens (tertiary/aromatic N) is 1. The summed E-state index contributed by atoms with van der Waals surface area (Å²) in [6.45, 7) is 1.06.